The van der Waals surface area contributed by atoms with E-state index in [4.69, 9.17) is 0 Å². The van der Waals surface area contributed by atoms with Crippen LogP contribution >= 0.6 is 0 Å². The van der Waals surface area contributed by atoms with E-state index in [0.717, 1.165) is 22.3 Å². The number of hydrogen-bond acceptors (Lipinski definition) is 2. The summed E-state index contributed by atoms with van der Waals surface area (Å²) < 4.78 is 0. The molecular formula is C34H55AlO2. The Morgan fingerprint density at radius 1 is 0.541 bits per heavy atom. The van der Waals surface area contributed by atoms with Gasteiger partial charge in [-0.05, 0) is 57.8 Å². The maximum absolute atomic E-state index is 12.4. The summed E-state index contributed by atoms with van der Waals surface area (Å²) in [5, 5.41) is 26.1. The summed E-state index contributed by atoms with van der Waals surface area (Å²) in [4.78, 5) is 0. The SMILES string of the molecule is CCC[CH2][Al+2].Cc1cc(C(C)(C)C)c([O-])c(C(C)(C)C)c1.Cc1cc(C(C)(C)C)c([O-])c(C(C)(C)C)c1. The Kier molecular flexibility index (Phi) is 13.1. The van der Waals surface area contributed by atoms with E-state index in [1.807, 2.05) is 24.3 Å². The van der Waals surface area contributed by atoms with E-state index in [9.17, 15) is 10.2 Å². The van der Waals surface area contributed by atoms with Gasteiger partial charge in [-0.15, -0.1) is 11.5 Å². The van der Waals surface area contributed by atoms with Crippen LogP contribution in [-0.4, -0.2) is 16.3 Å². The molecule has 37 heavy (non-hydrogen) atoms. The zero-order chi connectivity index (χ0) is 29.6. The fourth-order valence-corrected chi connectivity index (χ4v) is 4.39. The van der Waals surface area contributed by atoms with Gasteiger partial charge >= 0.3 is 41.3 Å². The molecule has 0 saturated carbocycles. The molecule has 0 aromatic heterocycles. The molecular weight excluding hydrogens is 467 g/mol. The second-order valence-corrected chi connectivity index (χ2v) is 15.1. The molecule has 0 amide bonds. The molecule has 2 nitrogen and oxygen atoms in total. The van der Waals surface area contributed by atoms with Gasteiger partial charge in [-0.1, -0.05) is 118 Å². The van der Waals surface area contributed by atoms with Crippen LogP contribution in [0.5, 0.6) is 11.5 Å². The molecule has 2 rings (SSSR count). The number of aryl methyl sites for hydroxylation is 2. The van der Waals surface area contributed by atoms with Gasteiger partial charge in [0, 0.05) is 0 Å². The van der Waals surface area contributed by atoms with Crippen LogP contribution in [0.2, 0.25) is 5.28 Å². The second-order valence-electron chi connectivity index (χ2n) is 14.5. The molecule has 0 spiro atoms. The zero-order valence-electron chi connectivity index (χ0n) is 26.8. The van der Waals surface area contributed by atoms with Gasteiger partial charge in [0.05, 0.1) is 0 Å². The maximum Gasteiger partial charge on any atom is -0.0138 e. The Hall–Kier alpha value is -1.43. The van der Waals surface area contributed by atoms with Gasteiger partial charge in [0.25, 0.3) is 0 Å². The van der Waals surface area contributed by atoms with Gasteiger partial charge in [0.2, 0.25) is 0 Å². The van der Waals surface area contributed by atoms with Gasteiger partial charge in [-0.25, -0.2) is 0 Å². The molecule has 2 aromatic carbocycles. The first kappa shape index (κ1) is 35.6. The Bertz CT molecular complexity index is 839. The molecule has 3 heteroatoms. The molecule has 0 atom stereocenters. The van der Waals surface area contributed by atoms with E-state index in [-0.39, 0.29) is 33.2 Å². The van der Waals surface area contributed by atoms with Crippen LogP contribution in [-0.2, 0) is 21.7 Å². The third kappa shape index (κ3) is 11.5. The van der Waals surface area contributed by atoms with Crippen molar-refractivity contribution in [1.82, 2.24) is 0 Å². The summed E-state index contributed by atoms with van der Waals surface area (Å²) in [6, 6.07) is 8.10. The molecule has 0 fully saturated rings. The smallest absolute Gasteiger partial charge is 0.0138 e. The number of unbranched alkanes of at least 4 members (excludes halogenated alkanes) is 1. The molecule has 0 N–H and O–H groups in total. The minimum Gasteiger partial charge on any atom is -0.872 e. The summed E-state index contributed by atoms with van der Waals surface area (Å²) in [6.45, 7) is 31.4. The normalized spacial score (nSPS) is 12.4. The van der Waals surface area contributed by atoms with Crippen LogP contribution in [0.15, 0.2) is 24.3 Å². The number of rotatable bonds is 2. The van der Waals surface area contributed by atoms with Gasteiger partial charge < -0.3 is 10.2 Å². The molecule has 0 radical (unpaired) electrons. The summed E-state index contributed by atoms with van der Waals surface area (Å²) >= 11 is 2.70. The molecule has 0 unspecified atom stereocenters. The molecule has 0 aliphatic rings. The summed E-state index contributed by atoms with van der Waals surface area (Å²) in [5.74, 6) is 0.427. The van der Waals surface area contributed by atoms with Crippen molar-refractivity contribution in [2.24, 2.45) is 0 Å². The van der Waals surface area contributed by atoms with Crippen molar-refractivity contribution in [2.75, 3.05) is 0 Å². The van der Waals surface area contributed by atoms with Crippen molar-refractivity contribution in [3.05, 3.63) is 57.6 Å². The predicted octanol–water partition coefficient (Wildman–Crippen LogP) is 8.70. The topological polar surface area (TPSA) is 46.1 Å². The average Bonchev–Trinajstić information content (AvgIpc) is 2.69. The largest absolute Gasteiger partial charge is 0.872 e. The monoisotopic (exact) mass is 522 g/mol. The Morgan fingerprint density at radius 3 is 0.865 bits per heavy atom. The van der Waals surface area contributed by atoms with Crippen molar-refractivity contribution in [3.63, 3.8) is 0 Å². The van der Waals surface area contributed by atoms with Crippen LogP contribution in [0.1, 0.15) is 136 Å². The zero-order valence-corrected chi connectivity index (χ0v) is 28.0. The summed E-state index contributed by atoms with van der Waals surface area (Å²) in [6.07, 6.45) is 2.67. The minimum absolute atomic E-state index is 0.0803. The first-order chi connectivity index (χ1) is 16.5. The molecule has 206 valence electrons. The number of benzene rings is 2. The van der Waals surface area contributed by atoms with E-state index in [2.05, 4.69) is 120 Å². The van der Waals surface area contributed by atoms with Crippen molar-refractivity contribution in [2.45, 2.75) is 144 Å². The molecule has 0 aliphatic heterocycles. The maximum atomic E-state index is 12.4. The van der Waals surface area contributed by atoms with Gasteiger partial charge in [0.1, 0.15) is 0 Å². The quantitative estimate of drug-likeness (QED) is 0.370. The van der Waals surface area contributed by atoms with Crippen LogP contribution in [0.25, 0.3) is 0 Å². The Balaban J connectivity index is 0.000000594. The first-order valence-corrected chi connectivity index (χ1v) is 14.6. The van der Waals surface area contributed by atoms with Crippen molar-refractivity contribution in [1.29, 1.82) is 0 Å². The summed E-state index contributed by atoms with van der Waals surface area (Å²) in [7, 11) is 0. The molecule has 0 heterocycles. The third-order valence-corrected chi connectivity index (χ3v) is 6.66. The van der Waals surface area contributed by atoms with Crippen molar-refractivity contribution >= 4 is 16.3 Å². The second kappa shape index (κ2) is 13.6. The molecule has 2 aromatic rings. The molecule has 0 aliphatic carbocycles. The average molecular weight is 523 g/mol. The van der Waals surface area contributed by atoms with Crippen LogP contribution in [0.4, 0.5) is 0 Å². The van der Waals surface area contributed by atoms with Crippen LogP contribution in [0, 0.1) is 13.8 Å². The first-order valence-electron chi connectivity index (χ1n) is 13.8. The van der Waals surface area contributed by atoms with Crippen molar-refractivity contribution in [3.8, 4) is 11.5 Å². The van der Waals surface area contributed by atoms with E-state index >= 15 is 0 Å². The van der Waals surface area contributed by atoms with E-state index in [1.165, 1.54) is 29.3 Å². The number of hydrogen-bond donors (Lipinski definition) is 0. The molecule has 0 saturated heterocycles. The van der Waals surface area contributed by atoms with Gasteiger partial charge in [-0.2, -0.15) is 0 Å². The Morgan fingerprint density at radius 2 is 0.757 bits per heavy atom. The summed E-state index contributed by atoms with van der Waals surface area (Å²) in [5.41, 5.74) is 5.74. The van der Waals surface area contributed by atoms with Crippen LogP contribution < -0.4 is 10.2 Å². The molecule has 0 bridgehead atoms. The van der Waals surface area contributed by atoms with E-state index in [0.29, 0.717) is 0 Å². The third-order valence-electron chi connectivity index (χ3n) is 6.26. The van der Waals surface area contributed by atoms with Gasteiger partial charge in [-0.3, -0.25) is 0 Å². The van der Waals surface area contributed by atoms with E-state index in [1.54, 1.807) is 0 Å². The van der Waals surface area contributed by atoms with Gasteiger partial charge in [0.15, 0.2) is 0 Å². The fourth-order valence-electron chi connectivity index (χ4n) is 3.98. The Labute approximate surface area is 238 Å². The minimum atomic E-state index is -0.0803. The van der Waals surface area contributed by atoms with Crippen LogP contribution in [0.3, 0.4) is 0 Å². The van der Waals surface area contributed by atoms with Crippen molar-refractivity contribution < 1.29 is 10.2 Å². The standard InChI is InChI=1S/2C15H24O.C4H9.Al/c2*1-10-8-11(14(2,3)4)13(16)12(9-10)15(5,6)7;1-3-4-2;/h2*8-9,16H,1-7H3;1,3-4H2,2H3;/q;;;+2/p-2. The predicted molar refractivity (Wildman–Crippen MR) is 162 cm³/mol. The van der Waals surface area contributed by atoms with E-state index < -0.39 is 0 Å². The fraction of sp³-hybridized carbons (Fsp3) is 0.647.